The number of hydrogen-bond acceptors (Lipinski definition) is 4. The molecule has 0 aliphatic carbocycles. The van der Waals surface area contributed by atoms with Gasteiger partial charge >= 0.3 is 0 Å². The van der Waals surface area contributed by atoms with Gasteiger partial charge in [-0.3, -0.25) is 4.79 Å². The maximum Gasteiger partial charge on any atom is 0.228 e. The highest BCUT2D eigenvalue weighted by molar-refractivity contribution is 5.86. The molecule has 5 rings (SSSR count). The van der Waals surface area contributed by atoms with Gasteiger partial charge in [0.05, 0.1) is 23.4 Å². The molecule has 25 heavy (non-hydrogen) atoms. The lowest BCUT2D eigenvalue weighted by Crippen LogP contribution is -2.49. The van der Waals surface area contributed by atoms with E-state index < -0.39 is 0 Å². The number of aromatic amines is 1. The summed E-state index contributed by atoms with van der Waals surface area (Å²) in [6, 6.07) is 15.6. The maximum atomic E-state index is 12.5. The van der Waals surface area contributed by atoms with Crippen molar-refractivity contribution in [3.8, 4) is 0 Å². The van der Waals surface area contributed by atoms with Crippen LogP contribution in [0.3, 0.4) is 0 Å². The average molecular weight is 332 g/mol. The molecule has 1 aliphatic rings. The van der Waals surface area contributed by atoms with Crippen LogP contribution in [0.4, 0.5) is 0 Å². The molecule has 6 nitrogen and oxygen atoms in total. The first kappa shape index (κ1) is 14.2. The van der Waals surface area contributed by atoms with Gasteiger partial charge in [-0.1, -0.05) is 29.4 Å². The Kier molecular flexibility index (Phi) is 3.09. The number of nitrogens with one attached hydrogen (secondary N) is 1. The highest BCUT2D eigenvalue weighted by atomic mass is 16.5. The van der Waals surface area contributed by atoms with Crippen LogP contribution in [-0.2, 0) is 11.2 Å². The molecule has 1 N–H and O–H groups in total. The Morgan fingerprint density at radius 2 is 1.96 bits per heavy atom. The number of para-hydroxylation sites is 3. The van der Waals surface area contributed by atoms with Gasteiger partial charge in [0.25, 0.3) is 0 Å². The van der Waals surface area contributed by atoms with Crippen molar-refractivity contribution in [3.63, 3.8) is 0 Å². The summed E-state index contributed by atoms with van der Waals surface area (Å²) in [5.74, 6) is 1.30. The summed E-state index contributed by atoms with van der Waals surface area (Å²) >= 11 is 0. The molecule has 6 heteroatoms. The van der Waals surface area contributed by atoms with E-state index >= 15 is 0 Å². The van der Waals surface area contributed by atoms with Crippen molar-refractivity contribution in [2.24, 2.45) is 0 Å². The summed E-state index contributed by atoms with van der Waals surface area (Å²) in [5, 5.41) is 4.95. The van der Waals surface area contributed by atoms with Crippen LogP contribution in [-0.4, -0.2) is 39.0 Å². The maximum absolute atomic E-state index is 12.5. The van der Waals surface area contributed by atoms with E-state index in [1.807, 2.05) is 53.4 Å². The molecule has 0 radical (unpaired) electrons. The molecule has 0 spiro atoms. The highest BCUT2D eigenvalue weighted by Crippen LogP contribution is 2.28. The molecule has 1 aliphatic heterocycles. The lowest BCUT2D eigenvalue weighted by Gasteiger charge is -2.38. The molecule has 124 valence electrons. The van der Waals surface area contributed by atoms with Gasteiger partial charge in [-0.25, -0.2) is 4.98 Å². The van der Waals surface area contributed by atoms with E-state index in [-0.39, 0.29) is 18.2 Å². The summed E-state index contributed by atoms with van der Waals surface area (Å²) in [5.41, 5.74) is 3.43. The molecule has 0 bridgehead atoms. The molecular formula is C19H16N4O2. The van der Waals surface area contributed by atoms with E-state index in [0.717, 1.165) is 22.2 Å². The zero-order valence-corrected chi connectivity index (χ0v) is 13.5. The molecule has 1 amide bonds. The number of aromatic nitrogens is 3. The average Bonchev–Trinajstić information content (AvgIpc) is 3.18. The normalized spacial score (nSPS) is 15.0. The van der Waals surface area contributed by atoms with Crippen LogP contribution in [0.25, 0.3) is 22.0 Å². The predicted octanol–water partition coefficient (Wildman–Crippen LogP) is 2.87. The fraction of sp³-hybridized carbons (Fsp3) is 0.211. The lowest BCUT2D eigenvalue weighted by molar-refractivity contribution is -0.135. The van der Waals surface area contributed by atoms with Crippen LogP contribution >= 0.6 is 0 Å². The topological polar surface area (TPSA) is 75.0 Å². The fourth-order valence-electron chi connectivity index (χ4n) is 3.34. The highest BCUT2D eigenvalue weighted by Gasteiger charge is 2.34. The molecule has 1 saturated heterocycles. The van der Waals surface area contributed by atoms with E-state index in [4.69, 9.17) is 4.52 Å². The Bertz CT molecular complexity index is 1040. The first-order valence-corrected chi connectivity index (χ1v) is 8.33. The van der Waals surface area contributed by atoms with Gasteiger partial charge in [0.2, 0.25) is 5.91 Å². The first-order valence-electron chi connectivity index (χ1n) is 8.33. The van der Waals surface area contributed by atoms with Gasteiger partial charge in [-0.05, 0) is 24.3 Å². The van der Waals surface area contributed by atoms with Gasteiger partial charge in [-0.15, -0.1) is 0 Å². The number of H-pyrrole nitrogens is 1. The smallest absolute Gasteiger partial charge is 0.228 e. The van der Waals surface area contributed by atoms with Gasteiger partial charge in [0.1, 0.15) is 11.5 Å². The Balaban J connectivity index is 1.27. The molecule has 0 atom stereocenters. The van der Waals surface area contributed by atoms with Crippen LogP contribution in [0.15, 0.2) is 53.1 Å². The Morgan fingerprint density at radius 3 is 2.84 bits per heavy atom. The standard InChI is InChI=1S/C19H16N4O2/c24-18(9-16-13-5-1-4-8-17(13)25-22-16)23-10-12(11-23)19-20-14-6-2-3-7-15(14)21-19/h1-8,12H,9-11H2,(H,20,21). The number of nitrogens with zero attached hydrogens (tertiary/aromatic N) is 3. The van der Waals surface area contributed by atoms with Crippen molar-refractivity contribution in [1.82, 2.24) is 20.0 Å². The summed E-state index contributed by atoms with van der Waals surface area (Å²) in [4.78, 5) is 22.3. The number of carbonyl (C=O) groups excluding carboxylic acids is 1. The van der Waals surface area contributed by atoms with Crippen molar-refractivity contribution < 1.29 is 9.32 Å². The zero-order chi connectivity index (χ0) is 16.8. The minimum absolute atomic E-state index is 0.0754. The Hall–Kier alpha value is -3.15. The SMILES string of the molecule is O=C(Cc1noc2ccccc12)N1CC(c2nc3ccccc3[nH]2)C1. The third-order valence-electron chi connectivity index (χ3n) is 4.80. The third kappa shape index (κ3) is 2.38. The summed E-state index contributed by atoms with van der Waals surface area (Å²) < 4.78 is 5.27. The predicted molar refractivity (Wildman–Crippen MR) is 93.1 cm³/mol. The van der Waals surface area contributed by atoms with E-state index in [0.29, 0.717) is 24.4 Å². The van der Waals surface area contributed by atoms with E-state index in [1.165, 1.54) is 0 Å². The largest absolute Gasteiger partial charge is 0.356 e. The van der Waals surface area contributed by atoms with Crippen molar-refractivity contribution in [3.05, 3.63) is 60.0 Å². The van der Waals surface area contributed by atoms with Gasteiger partial charge in [0, 0.05) is 18.5 Å². The molecule has 1 fully saturated rings. The van der Waals surface area contributed by atoms with Crippen LogP contribution in [0.2, 0.25) is 0 Å². The van der Waals surface area contributed by atoms with Gasteiger partial charge in [0.15, 0.2) is 5.58 Å². The van der Waals surface area contributed by atoms with E-state index in [9.17, 15) is 4.79 Å². The quantitative estimate of drug-likeness (QED) is 0.626. The van der Waals surface area contributed by atoms with Crippen LogP contribution in [0.1, 0.15) is 17.4 Å². The molecule has 2 aromatic heterocycles. The number of amides is 1. The molecule has 0 unspecified atom stereocenters. The fourth-order valence-corrected chi connectivity index (χ4v) is 3.34. The third-order valence-corrected chi connectivity index (χ3v) is 4.80. The Labute approximate surface area is 143 Å². The number of carbonyl (C=O) groups is 1. The number of fused-ring (bicyclic) bond motifs is 2. The number of imidazole rings is 1. The summed E-state index contributed by atoms with van der Waals surface area (Å²) in [7, 11) is 0. The molecule has 0 saturated carbocycles. The molecule has 4 aromatic rings. The van der Waals surface area contributed by atoms with Crippen molar-refractivity contribution in [1.29, 1.82) is 0 Å². The number of hydrogen-bond donors (Lipinski definition) is 1. The van der Waals surface area contributed by atoms with Gasteiger partial charge < -0.3 is 14.4 Å². The lowest BCUT2D eigenvalue weighted by atomic mass is 9.98. The van der Waals surface area contributed by atoms with E-state index in [2.05, 4.69) is 15.1 Å². The van der Waals surface area contributed by atoms with Crippen LogP contribution < -0.4 is 0 Å². The molecule has 2 aromatic carbocycles. The van der Waals surface area contributed by atoms with Crippen molar-refractivity contribution >= 4 is 27.9 Å². The van der Waals surface area contributed by atoms with Gasteiger partial charge in [-0.2, -0.15) is 0 Å². The summed E-state index contributed by atoms with van der Waals surface area (Å²) in [6.07, 6.45) is 0.268. The summed E-state index contributed by atoms with van der Waals surface area (Å²) in [6.45, 7) is 1.38. The second-order valence-corrected chi connectivity index (χ2v) is 6.44. The van der Waals surface area contributed by atoms with Crippen molar-refractivity contribution in [2.45, 2.75) is 12.3 Å². The minimum atomic E-state index is 0.0754. The molecule has 3 heterocycles. The number of benzene rings is 2. The monoisotopic (exact) mass is 332 g/mol. The van der Waals surface area contributed by atoms with Crippen LogP contribution in [0.5, 0.6) is 0 Å². The first-order chi connectivity index (χ1) is 12.3. The second kappa shape index (κ2) is 5.44. The Morgan fingerprint density at radius 1 is 1.16 bits per heavy atom. The minimum Gasteiger partial charge on any atom is -0.356 e. The van der Waals surface area contributed by atoms with Crippen LogP contribution in [0, 0.1) is 0 Å². The molecular weight excluding hydrogens is 316 g/mol. The van der Waals surface area contributed by atoms with E-state index in [1.54, 1.807) is 0 Å². The number of likely N-dealkylation sites (tertiary alicyclic amines) is 1. The zero-order valence-electron chi connectivity index (χ0n) is 13.5. The second-order valence-electron chi connectivity index (χ2n) is 6.44. The van der Waals surface area contributed by atoms with Crippen molar-refractivity contribution in [2.75, 3.05) is 13.1 Å². The number of rotatable bonds is 3.